The van der Waals surface area contributed by atoms with Gasteiger partial charge in [0.05, 0.1) is 18.6 Å². The van der Waals surface area contributed by atoms with Crippen LogP contribution in [0.4, 0.5) is 0 Å². The van der Waals surface area contributed by atoms with E-state index in [0.717, 1.165) is 38.5 Å². The summed E-state index contributed by atoms with van der Waals surface area (Å²) in [5.74, 6) is 0.0465. The minimum atomic E-state index is -0.803. The summed E-state index contributed by atoms with van der Waals surface area (Å²) in [6.45, 7) is 13.3. The molecule has 0 saturated carbocycles. The number of unbranched alkanes of at least 4 members (excludes halogenated alkanes) is 2. The van der Waals surface area contributed by atoms with E-state index in [1.54, 1.807) is 13.8 Å². The van der Waals surface area contributed by atoms with Crippen molar-refractivity contribution in [3.05, 3.63) is 0 Å². The first kappa shape index (κ1) is 27.1. The highest BCUT2D eigenvalue weighted by Crippen LogP contribution is 2.36. The average Bonchev–Trinajstić information content (AvgIpc) is 2.52. The predicted molar refractivity (Wildman–Crippen MR) is 120 cm³/mol. The van der Waals surface area contributed by atoms with Gasteiger partial charge >= 0.3 is 0 Å². The Kier molecular flexibility index (Phi) is 12.7. The molecule has 0 saturated heterocycles. The van der Waals surface area contributed by atoms with E-state index in [-0.39, 0.29) is 22.4 Å². The molecule has 0 fully saturated rings. The average molecular weight is 421 g/mol. The van der Waals surface area contributed by atoms with E-state index in [2.05, 4.69) is 46.6 Å². The maximum absolute atomic E-state index is 12.4. The molecule has 0 aromatic heterocycles. The first-order valence-electron chi connectivity index (χ1n) is 10.1. The molecule has 27 heavy (non-hydrogen) atoms. The Morgan fingerprint density at radius 3 is 1.22 bits per heavy atom. The van der Waals surface area contributed by atoms with Crippen LogP contribution in [-0.2, 0) is 18.6 Å². The SMILES string of the molecule is CC(=O)C(CCCCC(C)(C)COP)(CCCCC(C)(C)COP)C(C)=O. The minimum absolute atomic E-state index is 0.0232. The second-order valence-corrected chi connectivity index (χ2v) is 10.2. The number of hydrogen-bond donors (Lipinski definition) is 0. The molecule has 2 unspecified atom stereocenters. The largest absolute Gasteiger partial charge is 0.365 e. The summed E-state index contributed by atoms with van der Waals surface area (Å²) in [5.41, 5.74) is -0.577. The molecule has 0 aromatic rings. The first-order chi connectivity index (χ1) is 12.4. The monoisotopic (exact) mass is 420 g/mol. The molecular formula is C21H42O4P2. The van der Waals surface area contributed by atoms with Gasteiger partial charge in [-0.3, -0.25) is 9.59 Å². The normalized spacial score (nSPS) is 13.0. The molecule has 4 nitrogen and oxygen atoms in total. The molecule has 0 rings (SSSR count). The van der Waals surface area contributed by atoms with Crippen LogP contribution < -0.4 is 0 Å². The summed E-state index contributed by atoms with van der Waals surface area (Å²) < 4.78 is 10.4. The lowest BCUT2D eigenvalue weighted by Gasteiger charge is -2.30. The van der Waals surface area contributed by atoms with E-state index in [0.29, 0.717) is 26.1 Å². The van der Waals surface area contributed by atoms with E-state index in [1.807, 2.05) is 0 Å². The molecule has 0 spiro atoms. The van der Waals surface area contributed by atoms with E-state index >= 15 is 0 Å². The molecule has 0 aliphatic carbocycles. The topological polar surface area (TPSA) is 52.6 Å². The third-order valence-electron chi connectivity index (χ3n) is 5.71. The van der Waals surface area contributed by atoms with Crippen molar-refractivity contribution in [1.29, 1.82) is 0 Å². The number of ketones is 2. The van der Waals surface area contributed by atoms with Crippen molar-refractivity contribution in [2.24, 2.45) is 16.2 Å². The van der Waals surface area contributed by atoms with E-state index in [1.165, 1.54) is 0 Å². The van der Waals surface area contributed by atoms with Crippen LogP contribution in [0.15, 0.2) is 0 Å². The zero-order valence-corrected chi connectivity index (χ0v) is 20.7. The fourth-order valence-electron chi connectivity index (χ4n) is 3.73. The Morgan fingerprint density at radius 2 is 0.963 bits per heavy atom. The van der Waals surface area contributed by atoms with Crippen molar-refractivity contribution in [3.8, 4) is 0 Å². The fourth-order valence-corrected chi connectivity index (χ4v) is 4.64. The van der Waals surface area contributed by atoms with Gasteiger partial charge in [-0.1, -0.05) is 53.4 Å². The van der Waals surface area contributed by atoms with Crippen molar-refractivity contribution < 1.29 is 18.6 Å². The molecule has 0 radical (unpaired) electrons. The van der Waals surface area contributed by atoms with Gasteiger partial charge in [0, 0.05) is 18.9 Å². The van der Waals surface area contributed by atoms with E-state index in [9.17, 15) is 9.59 Å². The molecular weight excluding hydrogens is 378 g/mol. The molecule has 160 valence electrons. The van der Waals surface area contributed by atoms with Gasteiger partial charge in [0.15, 0.2) is 0 Å². The summed E-state index contributed by atoms with van der Waals surface area (Å²) in [4.78, 5) is 24.9. The van der Waals surface area contributed by atoms with Crippen molar-refractivity contribution in [3.63, 3.8) is 0 Å². The van der Waals surface area contributed by atoms with Gasteiger partial charge in [0.25, 0.3) is 0 Å². The highest BCUT2D eigenvalue weighted by Gasteiger charge is 2.39. The lowest BCUT2D eigenvalue weighted by Crippen LogP contribution is -2.36. The van der Waals surface area contributed by atoms with Gasteiger partial charge in [0.2, 0.25) is 0 Å². The first-order valence-corrected chi connectivity index (χ1v) is 11.0. The Hall–Kier alpha value is 0.120. The maximum atomic E-state index is 12.4. The molecule has 0 bridgehead atoms. The van der Waals surface area contributed by atoms with E-state index < -0.39 is 5.41 Å². The van der Waals surface area contributed by atoms with Crippen molar-refractivity contribution in [1.82, 2.24) is 0 Å². The maximum Gasteiger partial charge on any atom is 0.143 e. The highest BCUT2D eigenvalue weighted by atomic mass is 31.0. The van der Waals surface area contributed by atoms with Crippen molar-refractivity contribution in [2.45, 2.75) is 92.9 Å². The lowest BCUT2D eigenvalue weighted by molar-refractivity contribution is -0.139. The van der Waals surface area contributed by atoms with Gasteiger partial charge in [-0.15, -0.1) is 0 Å². The third-order valence-corrected chi connectivity index (χ3v) is 6.04. The van der Waals surface area contributed by atoms with Crippen LogP contribution in [0.1, 0.15) is 92.9 Å². The highest BCUT2D eigenvalue weighted by molar-refractivity contribution is 7.10. The Labute approximate surface area is 171 Å². The fraction of sp³-hybridized carbons (Fsp3) is 0.905. The second-order valence-electron chi connectivity index (χ2n) is 9.56. The Balaban J connectivity index is 4.70. The minimum Gasteiger partial charge on any atom is -0.365 e. The molecule has 6 heteroatoms. The van der Waals surface area contributed by atoms with Crippen molar-refractivity contribution >= 4 is 30.5 Å². The third kappa shape index (κ3) is 10.5. The van der Waals surface area contributed by atoms with Crippen LogP contribution in [-0.4, -0.2) is 24.8 Å². The lowest BCUT2D eigenvalue weighted by atomic mass is 9.71. The molecule has 2 atom stereocenters. The second kappa shape index (κ2) is 12.6. The Bertz CT molecular complexity index is 419. The molecule has 0 aromatic carbocycles. The summed E-state index contributed by atoms with van der Waals surface area (Å²) in [7, 11) is 4.61. The van der Waals surface area contributed by atoms with E-state index in [4.69, 9.17) is 9.05 Å². The number of hydrogen-bond acceptors (Lipinski definition) is 4. The van der Waals surface area contributed by atoms with Crippen LogP contribution in [0.5, 0.6) is 0 Å². The summed E-state index contributed by atoms with van der Waals surface area (Å²) in [6.07, 6.45) is 7.16. The predicted octanol–water partition coefficient (Wildman–Crippen LogP) is 5.94. The number of carbonyl (C=O) groups excluding carboxylic acids is 2. The van der Waals surface area contributed by atoms with Gasteiger partial charge < -0.3 is 9.05 Å². The van der Waals surface area contributed by atoms with Crippen LogP contribution in [0.25, 0.3) is 0 Å². The zero-order valence-electron chi connectivity index (χ0n) is 18.4. The molecule has 0 amide bonds. The summed E-state index contributed by atoms with van der Waals surface area (Å²) in [5, 5.41) is 0. The smallest absolute Gasteiger partial charge is 0.143 e. The number of Topliss-reactive ketones (excluding diaryl/α,β-unsaturated/α-hetero) is 2. The van der Waals surface area contributed by atoms with Crippen LogP contribution in [0.2, 0.25) is 0 Å². The van der Waals surface area contributed by atoms with Gasteiger partial charge in [-0.2, -0.15) is 0 Å². The van der Waals surface area contributed by atoms with Crippen LogP contribution in [0.3, 0.4) is 0 Å². The molecule has 0 heterocycles. The van der Waals surface area contributed by atoms with Gasteiger partial charge in [-0.25, -0.2) is 0 Å². The number of carbonyl (C=O) groups is 2. The molecule has 0 aliphatic heterocycles. The van der Waals surface area contributed by atoms with Crippen molar-refractivity contribution in [2.75, 3.05) is 13.2 Å². The summed E-state index contributed by atoms with van der Waals surface area (Å²) in [6, 6.07) is 0. The quantitative estimate of drug-likeness (QED) is 0.176. The zero-order chi connectivity index (χ0) is 21.1. The standard InChI is InChI=1S/C21H42O4P2/c1-17(22)21(18(2)23,13-9-7-11-19(3,4)15-24-26)14-10-8-12-20(5,6)16-25-27/h7-16,26-27H2,1-6H3. The van der Waals surface area contributed by atoms with Gasteiger partial charge in [-0.05, 0) is 50.4 Å². The molecule has 0 aliphatic rings. The summed E-state index contributed by atoms with van der Waals surface area (Å²) >= 11 is 0. The van der Waals surface area contributed by atoms with Gasteiger partial charge in [0.1, 0.15) is 11.6 Å². The van der Waals surface area contributed by atoms with Crippen LogP contribution in [0, 0.1) is 16.2 Å². The number of rotatable bonds is 16. The van der Waals surface area contributed by atoms with Crippen LogP contribution >= 0.6 is 18.9 Å². The Morgan fingerprint density at radius 1 is 0.667 bits per heavy atom. The molecule has 0 N–H and O–H groups in total.